The van der Waals surface area contributed by atoms with Crippen LogP contribution >= 0.6 is 11.6 Å². The highest BCUT2D eigenvalue weighted by atomic mass is 35.5. The molecule has 1 aliphatic heterocycles. The van der Waals surface area contributed by atoms with Gasteiger partial charge < -0.3 is 14.2 Å². The van der Waals surface area contributed by atoms with E-state index in [2.05, 4.69) is 30.0 Å². The summed E-state index contributed by atoms with van der Waals surface area (Å²) >= 11 is 6.41. The Balaban J connectivity index is 1.43. The summed E-state index contributed by atoms with van der Waals surface area (Å²) in [5.74, 6) is 0.726. The fourth-order valence-electron chi connectivity index (χ4n) is 4.88. The van der Waals surface area contributed by atoms with Crippen molar-refractivity contribution in [3.63, 3.8) is 0 Å². The van der Waals surface area contributed by atoms with Crippen molar-refractivity contribution in [2.24, 2.45) is 0 Å². The van der Waals surface area contributed by atoms with Crippen molar-refractivity contribution in [1.29, 1.82) is 0 Å². The highest BCUT2D eigenvalue weighted by Gasteiger charge is 2.43. The largest absolute Gasteiger partial charge is 0.489 e. The maximum atomic E-state index is 11.8. The summed E-state index contributed by atoms with van der Waals surface area (Å²) in [5.41, 5.74) is 4.51. The van der Waals surface area contributed by atoms with Crippen molar-refractivity contribution in [2.45, 2.75) is 51.7 Å². The van der Waals surface area contributed by atoms with E-state index in [1.165, 1.54) is 16.7 Å². The number of rotatable bonds is 8. The molecule has 1 fully saturated rings. The minimum absolute atomic E-state index is 0.133. The molecule has 1 spiro atoms. The normalized spacial score (nSPS) is 20.3. The quantitative estimate of drug-likeness (QED) is 0.527. The molecule has 0 amide bonds. The van der Waals surface area contributed by atoms with Gasteiger partial charge in [0.1, 0.15) is 18.0 Å². The molecule has 0 aromatic heterocycles. The topological polar surface area (TPSA) is 48.0 Å². The molecule has 1 atom stereocenters. The summed E-state index contributed by atoms with van der Waals surface area (Å²) in [6.45, 7) is 7.89. The Labute approximate surface area is 195 Å². The number of hydrogen-bond donors (Lipinski definition) is 0. The van der Waals surface area contributed by atoms with Crippen LogP contribution in [-0.2, 0) is 39.3 Å². The third-order valence-corrected chi connectivity index (χ3v) is 6.90. The van der Waals surface area contributed by atoms with E-state index >= 15 is 0 Å². The second-order valence-electron chi connectivity index (χ2n) is 8.51. The lowest BCUT2D eigenvalue weighted by Gasteiger charge is -2.41. The number of hydrogen-bond acceptors (Lipinski definition) is 5. The van der Waals surface area contributed by atoms with E-state index in [1.54, 1.807) is 0 Å². The van der Waals surface area contributed by atoms with Crippen LogP contribution in [0.1, 0.15) is 48.9 Å². The van der Waals surface area contributed by atoms with E-state index in [0.717, 1.165) is 48.7 Å². The highest BCUT2D eigenvalue weighted by Crippen LogP contribution is 2.43. The molecule has 1 unspecified atom stereocenters. The molecule has 172 valence electrons. The lowest BCUT2D eigenvalue weighted by Crippen LogP contribution is -2.49. The minimum Gasteiger partial charge on any atom is -0.489 e. The van der Waals surface area contributed by atoms with Gasteiger partial charge in [0, 0.05) is 30.2 Å². The number of ether oxygens (including phenoxy) is 3. The van der Waals surface area contributed by atoms with Gasteiger partial charge in [-0.15, -0.1) is 0 Å². The van der Waals surface area contributed by atoms with Gasteiger partial charge in [-0.05, 0) is 61.1 Å². The molecular formula is C26H32ClNO4. The molecule has 32 heavy (non-hydrogen) atoms. The Kier molecular flexibility index (Phi) is 7.39. The number of esters is 1. The van der Waals surface area contributed by atoms with Gasteiger partial charge in [-0.1, -0.05) is 36.7 Å². The first-order valence-corrected chi connectivity index (χ1v) is 12.0. The first-order valence-electron chi connectivity index (χ1n) is 11.6. The summed E-state index contributed by atoms with van der Waals surface area (Å²) in [6.07, 6.45) is 3.26. The van der Waals surface area contributed by atoms with Gasteiger partial charge in [-0.2, -0.15) is 0 Å². The standard InChI is InChI=1S/C26H32ClNO4/c1-3-19-6-5-7-24(27)22(19)17-31-21-8-9-23-20(16-21)10-12-26(23)18-28(14-15-32-26)13-11-25(29)30-4-2/h5-9,16H,3-4,10-15,17-18H2,1-2H3. The van der Waals surface area contributed by atoms with Crippen LogP contribution in [0.4, 0.5) is 0 Å². The maximum Gasteiger partial charge on any atom is 0.307 e. The summed E-state index contributed by atoms with van der Waals surface area (Å²) in [5, 5.41) is 0.753. The number of carbonyl (C=O) groups excluding carboxylic acids is 1. The van der Waals surface area contributed by atoms with Gasteiger partial charge in [-0.3, -0.25) is 9.69 Å². The predicted molar refractivity (Wildman–Crippen MR) is 125 cm³/mol. The van der Waals surface area contributed by atoms with E-state index in [1.807, 2.05) is 25.1 Å². The number of aryl methyl sites for hydroxylation is 2. The SMILES string of the molecule is CCOC(=O)CCN1CCOC2(CCc3cc(OCc4c(Cl)cccc4CC)ccc32)C1. The number of carbonyl (C=O) groups is 1. The maximum absolute atomic E-state index is 11.8. The van der Waals surface area contributed by atoms with Gasteiger partial charge in [-0.25, -0.2) is 0 Å². The van der Waals surface area contributed by atoms with Crippen LogP contribution in [-0.4, -0.2) is 43.7 Å². The van der Waals surface area contributed by atoms with Crippen LogP contribution < -0.4 is 4.74 Å². The Bertz CT molecular complexity index is 963. The fourth-order valence-corrected chi connectivity index (χ4v) is 5.13. The molecule has 5 nitrogen and oxygen atoms in total. The van der Waals surface area contributed by atoms with Crippen molar-refractivity contribution < 1.29 is 19.0 Å². The molecule has 1 aliphatic carbocycles. The second-order valence-corrected chi connectivity index (χ2v) is 8.92. The molecule has 1 heterocycles. The first kappa shape index (κ1) is 23.1. The monoisotopic (exact) mass is 457 g/mol. The van der Waals surface area contributed by atoms with Crippen molar-refractivity contribution >= 4 is 17.6 Å². The van der Waals surface area contributed by atoms with E-state index in [-0.39, 0.29) is 11.6 Å². The zero-order valence-corrected chi connectivity index (χ0v) is 19.7. The number of morpholine rings is 1. The zero-order valence-electron chi connectivity index (χ0n) is 19.0. The summed E-state index contributed by atoms with van der Waals surface area (Å²) in [7, 11) is 0. The van der Waals surface area contributed by atoms with E-state index in [0.29, 0.717) is 32.8 Å². The lowest BCUT2D eigenvalue weighted by atomic mass is 9.93. The van der Waals surface area contributed by atoms with Gasteiger partial charge in [0.25, 0.3) is 0 Å². The van der Waals surface area contributed by atoms with Crippen LogP contribution in [0, 0.1) is 0 Å². The number of benzene rings is 2. The Morgan fingerprint density at radius 1 is 1.25 bits per heavy atom. The number of nitrogens with zero attached hydrogens (tertiary/aromatic N) is 1. The molecule has 4 rings (SSSR count). The first-order chi connectivity index (χ1) is 15.5. The minimum atomic E-state index is -0.293. The Morgan fingerprint density at radius 3 is 2.94 bits per heavy atom. The van der Waals surface area contributed by atoms with Crippen LogP contribution in [0.25, 0.3) is 0 Å². The van der Waals surface area contributed by atoms with Crippen molar-refractivity contribution in [3.05, 3.63) is 63.7 Å². The molecule has 2 aromatic carbocycles. The molecule has 0 radical (unpaired) electrons. The molecule has 0 bridgehead atoms. The number of fused-ring (bicyclic) bond motifs is 2. The lowest BCUT2D eigenvalue weighted by molar-refractivity contribution is -0.145. The molecular weight excluding hydrogens is 426 g/mol. The summed E-state index contributed by atoms with van der Waals surface area (Å²) < 4.78 is 17.6. The third kappa shape index (κ3) is 4.95. The van der Waals surface area contributed by atoms with Crippen LogP contribution in [0.3, 0.4) is 0 Å². The zero-order chi connectivity index (χ0) is 22.6. The van der Waals surface area contributed by atoms with E-state index in [4.69, 9.17) is 25.8 Å². The predicted octanol–water partition coefficient (Wildman–Crippen LogP) is 4.91. The van der Waals surface area contributed by atoms with E-state index < -0.39 is 0 Å². The Hall–Kier alpha value is -2.08. The summed E-state index contributed by atoms with van der Waals surface area (Å²) in [4.78, 5) is 14.1. The van der Waals surface area contributed by atoms with Gasteiger partial charge in [0.2, 0.25) is 0 Å². The van der Waals surface area contributed by atoms with Crippen molar-refractivity contribution in [1.82, 2.24) is 4.90 Å². The van der Waals surface area contributed by atoms with Gasteiger partial charge in [0.15, 0.2) is 0 Å². The molecule has 1 saturated heterocycles. The number of halogens is 1. The third-order valence-electron chi connectivity index (χ3n) is 6.55. The van der Waals surface area contributed by atoms with Gasteiger partial charge >= 0.3 is 5.97 Å². The van der Waals surface area contributed by atoms with Crippen molar-refractivity contribution in [3.8, 4) is 5.75 Å². The smallest absolute Gasteiger partial charge is 0.307 e. The molecule has 0 saturated carbocycles. The van der Waals surface area contributed by atoms with Crippen LogP contribution in [0.15, 0.2) is 36.4 Å². The summed E-state index contributed by atoms with van der Waals surface area (Å²) in [6, 6.07) is 12.3. The van der Waals surface area contributed by atoms with Crippen molar-refractivity contribution in [2.75, 3.05) is 32.8 Å². The average molecular weight is 458 g/mol. The highest BCUT2D eigenvalue weighted by molar-refractivity contribution is 6.31. The molecule has 0 N–H and O–H groups in total. The van der Waals surface area contributed by atoms with E-state index in [9.17, 15) is 4.79 Å². The van der Waals surface area contributed by atoms with Crippen LogP contribution in [0.5, 0.6) is 5.75 Å². The average Bonchev–Trinajstić information content (AvgIpc) is 3.14. The Morgan fingerprint density at radius 2 is 2.12 bits per heavy atom. The fraction of sp³-hybridized carbons (Fsp3) is 0.500. The molecule has 6 heteroatoms. The molecule has 2 aromatic rings. The second kappa shape index (κ2) is 10.2. The molecule has 2 aliphatic rings. The van der Waals surface area contributed by atoms with Gasteiger partial charge in [0.05, 0.1) is 19.6 Å². The van der Waals surface area contributed by atoms with Crippen LogP contribution in [0.2, 0.25) is 5.02 Å².